The highest BCUT2D eigenvalue weighted by Crippen LogP contribution is 2.33. The van der Waals surface area contributed by atoms with Gasteiger partial charge in [-0.2, -0.15) is 26.7 Å². The topological polar surface area (TPSA) is 97.7 Å². The molecule has 1 amide bonds. The van der Waals surface area contributed by atoms with Gasteiger partial charge in [-0.15, -0.1) is 0 Å². The molecule has 1 aromatic heterocycles. The van der Waals surface area contributed by atoms with E-state index in [-0.39, 0.29) is 12.3 Å². The van der Waals surface area contributed by atoms with Crippen molar-refractivity contribution >= 4 is 33.8 Å². The van der Waals surface area contributed by atoms with Gasteiger partial charge in [0, 0.05) is 22.8 Å². The van der Waals surface area contributed by atoms with Gasteiger partial charge in [0.15, 0.2) is 0 Å². The van der Waals surface area contributed by atoms with Gasteiger partial charge in [-0.1, -0.05) is 29.8 Å². The van der Waals surface area contributed by atoms with Crippen LogP contribution in [-0.2, 0) is 27.5 Å². The number of carbonyl (C=O) groups is 1. The van der Waals surface area contributed by atoms with E-state index in [9.17, 15) is 26.4 Å². The first-order valence-electron chi connectivity index (χ1n) is 9.18. The second kappa shape index (κ2) is 10.0. The molecule has 7 nitrogen and oxygen atoms in total. The van der Waals surface area contributed by atoms with E-state index in [1.807, 2.05) is 0 Å². The van der Waals surface area contributed by atoms with E-state index in [1.165, 1.54) is 24.4 Å². The van der Waals surface area contributed by atoms with Gasteiger partial charge in [-0.05, 0) is 42.0 Å². The fraction of sp³-hybridized carbons (Fsp3) is 0.0952. The molecular weight excluding hydrogens is 483 g/mol. The summed E-state index contributed by atoms with van der Waals surface area (Å²) < 4.78 is 69.9. The molecule has 1 N–H and O–H groups in total. The van der Waals surface area contributed by atoms with E-state index < -0.39 is 38.2 Å². The quantitative estimate of drug-likeness (QED) is 0.299. The first kappa shape index (κ1) is 24.2. The number of aromatic nitrogens is 1. The summed E-state index contributed by atoms with van der Waals surface area (Å²) >= 11 is 5.84. The summed E-state index contributed by atoms with van der Waals surface area (Å²) in [4.78, 5) is 15.2. The standard InChI is InChI=1S/C21H15ClF3N3O4S/c22-16-5-3-4-14(10-16)11-19(29)28-27-13-15-12-17(7-8-18(15)21(23,24)25)33(30,31)32-20-6-1-2-9-26-20/h1-10,12-13H,11H2,(H,28,29)/b27-13+. The molecule has 12 heteroatoms. The molecule has 0 aliphatic carbocycles. The number of carbonyl (C=O) groups excluding carboxylic acids is 1. The largest absolute Gasteiger partial charge is 0.417 e. The zero-order chi connectivity index (χ0) is 24.1. The number of alkyl halides is 3. The van der Waals surface area contributed by atoms with Crippen LogP contribution < -0.4 is 9.61 Å². The normalized spacial score (nSPS) is 12.0. The Hall–Kier alpha value is -3.44. The van der Waals surface area contributed by atoms with E-state index >= 15 is 0 Å². The molecule has 172 valence electrons. The summed E-state index contributed by atoms with van der Waals surface area (Å²) in [5.74, 6) is -0.856. The minimum atomic E-state index is -4.80. The Labute approximate surface area is 192 Å². The van der Waals surface area contributed by atoms with Gasteiger partial charge < -0.3 is 4.18 Å². The number of hydrogen-bond donors (Lipinski definition) is 1. The lowest BCUT2D eigenvalue weighted by Gasteiger charge is -2.12. The van der Waals surface area contributed by atoms with Crippen LogP contribution in [-0.4, -0.2) is 25.5 Å². The fourth-order valence-corrected chi connectivity index (χ4v) is 3.80. The van der Waals surface area contributed by atoms with Crippen molar-refractivity contribution in [3.8, 4) is 5.88 Å². The maximum atomic E-state index is 13.4. The smallest absolute Gasteiger partial charge is 0.358 e. The number of pyridine rings is 1. The summed E-state index contributed by atoms with van der Waals surface area (Å²) in [6.45, 7) is 0. The Bertz CT molecular complexity index is 1280. The average Bonchev–Trinajstić information content (AvgIpc) is 2.73. The van der Waals surface area contributed by atoms with Gasteiger partial charge in [0.2, 0.25) is 11.8 Å². The first-order chi connectivity index (χ1) is 15.5. The third kappa shape index (κ3) is 6.77. The molecular formula is C21H15ClF3N3O4S. The Morgan fingerprint density at radius 3 is 2.58 bits per heavy atom. The van der Waals surface area contributed by atoms with Crippen LogP contribution in [0.15, 0.2) is 76.9 Å². The molecule has 0 atom stereocenters. The zero-order valence-electron chi connectivity index (χ0n) is 16.6. The van der Waals surface area contributed by atoms with Crippen LogP contribution in [0.4, 0.5) is 13.2 Å². The monoisotopic (exact) mass is 497 g/mol. The molecule has 0 bridgehead atoms. The minimum Gasteiger partial charge on any atom is -0.358 e. The maximum Gasteiger partial charge on any atom is 0.417 e. The fourth-order valence-electron chi connectivity index (χ4n) is 2.66. The molecule has 33 heavy (non-hydrogen) atoms. The van der Waals surface area contributed by atoms with E-state index in [0.717, 1.165) is 12.1 Å². The maximum absolute atomic E-state index is 13.4. The predicted molar refractivity (Wildman–Crippen MR) is 114 cm³/mol. The molecule has 0 aliphatic rings. The lowest BCUT2D eigenvalue weighted by molar-refractivity contribution is -0.137. The number of halogens is 4. The van der Waals surface area contributed by atoms with Crippen molar-refractivity contribution in [2.45, 2.75) is 17.5 Å². The van der Waals surface area contributed by atoms with Crippen LogP contribution >= 0.6 is 11.6 Å². The summed E-state index contributed by atoms with van der Waals surface area (Å²) in [5, 5.41) is 3.96. The first-order valence-corrected chi connectivity index (χ1v) is 11.0. The van der Waals surface area contributed by atoms with Gasteiger partial charge in [-0.3, -0.25) is 4.79 Å². The molecule has 0 fully saturated rings. The Morgan fingerprint density at radius 2 is 1.91 bits per heavy atom. The second-order valence-corrected chi connectivity index (χ2v) is 8.53. The number of hydrazone groups is 1. The van der Waals surface area contributed by atoms with Crippen molar-refractivity contribution in [3.05, 3.63) is 88.6 Å². The van der Waals surface area contributed by atoms with Crippen molar-refractivity contribution in [2.24, 2.45) is 5.10 Å². The molecule has 0 saturated carbocycles. The van der Waals surface area contributed by atoms with Crippen LogP contribution in [0.3, 0.4) is 0 Å². The number of rotatable bonds is 7. The van der Waals surface area contributed by atoms with Crippen molar-refractivity contribution < 1.29 is 30.6 Å². The molecule has 0 spiro atoms. The van der Waals surface area contributed by atoms with Crippen LogP contribution in [0.5, 0.6) is 5.88 Å². The van der Waals surface area contributed by atoms with Gasteiger partial charge in [-0.25, -0.2) is 10.4 Å². The van der Waals surface area contributed by atoms with Gasteiger partial charge in [0.1, 0.15) is 4.90 Å². The van der Waals surface area contributed by atoms with Crippen molar-refractivity contribution in [2.75, 3.05) is 0 Å². The Balaban J connectivity index is 1.82. The lowest BCUT2D eigenvalue weighted by atomic mass is 10.1. The van der Waals surface area contributed by atoms with E-state index in [1.54, 1.807) is 24.3 Å². The van der Waals surface area contributed by atoms with E-state index in [4.69, 9.17) is 15.8 Å². The van der Waals surface area contributed by atoms with Crippen LogP contribution in [0, 0.1) is 0 Å². The molecule has 3 rings (SSSR count). The van der Waals surface area contributed by atoms with E-state index in [0.29, 0.717) is 22.9 Å². The Kier molecular flexibility index (Phi) is 7.34. The predicted octanol–water partition coefficient (Wildman–Crippen LogP) is 4.21. The number of amides is 1. The van der Waals surface area contributed by atoms with Gasteiger partial charge >= 0.3 is 16.3 Å². The molecule has 0 aliphatic heterocycles. The summed E-state index contributed by atoms with van der Waals surface area (Å²) in [6.07, 6.45) is -2.91. The van der Waals surface area contributed by atoms with Crippen molar-refractivity contribution in [3.63, 3.8) is 0 Å². The summed E-state index contributed by atoms with van der Waals surface area (Å²) in [5.41, 5.74) is 0.947. The molecule has 3 aromatic rings. The van der Waals surface area contributed by atoms with Crippen LogP contribution in [0.1, 0.15) is 16.7 Å². The Morgan fingerprint density at radius 1 is 1.12 bits per heavy atom. The number of nitrogens with one attached hydrogen (secondary N) is 1. The lowest BCUT2D eigenvalue weighted by Crippen LogP contribution is -2.20. The third-order valence-corrected chi connectivity index (χ3v) is 5.55. The average molecular weight is 498 g/mol. The van der Waals surface area contributed by atoms with Crippen LogP contribution in [0.25, 0.3) is 0 Å². The van der Waals surface area contributed by atoms with Gasteiger partial charge in [0.25, 0.3) is 0 Å². The number of nitrogens with zero attached hydrogens (tertiary/aromatic N) is 2. The van der Waals surface area contributed by atoms with Crippen molar-refractivity contribution in [1.82, 2.24) is 10.4 Å². The highest BCUT2D eigenvalue weighted by Gasteiger charge is 2.34. The molecule has 0 saturated heterocycles. The highest BCUT2D eigenvalue weighted by molar-refractivity contribution is 7.87. The molecule has 0 radical (unpaired) electrons. The number of hydrogen-bond acceptors (Lipinski definition) is 6. The third-order valence-electron chi connectivity index (χ3n) is 4.10. The summed E-state index contributed by atoms with van der Waals surface area (Å²) in [7, 11) is -4.48. The molecule has 1 heterocycles. The second-order valence-electron chi connectivity index (χ2n) is 6.55. The minimum absolute atomic E-state index is 0.115. The van der Waals surface area contributed by atoms with Crippen molar-refractivity contribution in [1.29, 1.82) is 0 Å². The van der Waals surface area contributed by atoms with Gasteiger partial charge in [0.05, 0.1) is 18.2 Å². The molecule has 2 aromatic carbocycles. The van der Waals surface area contributed by atoms with Crippen LogP contribution in [0.2, 0.25) is 5.02 Å². The van der Waals surface area contributed by atoms with E-state index in [2.05, 4.69) is 15.5 Å². The SMILES string of the molecule is O=C(Cc1cccc(Cl)c1)N/N=C/c1cc(S(=O)(=O)Oc2ccccn2)ccc1C(F)(F)F. The molecule has 0 unspecified atom stereocenters. The zero-order valence-corrected chi connectivity index (χ0v) is 18.2. The highest BCUT2D eigenvalue weighted by atomic mass is 35.5. The number of benzene rings is 2. The summed E-state index contributed by atoms with van der Waals surface area (Å²) in [6, 6.07) is 12.9.